The Bertz CT molecular complexity index is 3360. The van der Waals surface area contributed by atoms with Gasteiger partial charge in [0, 0.05) is 50.2 Å². The molecular weight excluding hydrogens is 817 g/mol. The van der Waals surface area contributed by atoms with E-state index in [9.17, 15) is 0 Å². The Labute approximate surface area is 393 Å². The van der Waals surface area contributed by atoms with Crippen LogP contribution in [0.4, 0.5) is 28.4 Å². The molecular formula is C63H50N2S. The molecule has 10 rings (SSSR count). The largest absolute Gasteiger partial charge is 0.312 e. The van der Waals surface area contributed by atoms with Crippen LogP contribution in [0.5, 0.6) is 0 Å². The molecule has 66 heavy (non-hydrogen) atoms. The minimum absolute atomic E-state index is 0.707. The van der Waals surface area contributed by atoms with E-state index in [1.807, 2.05) is 17.4 Å². The van der Waals surface area contributed by atoms with Crippen molar-refractivity contribution >= 4 is 59.9 Å². The minimum Gasteiger partial charge on any atom is -0.312 e. The van der Waals surface area contributed by atoms with Crippen molar-refractivity contribution < 1.29 is 0 Å². The summed E-state index contributed by atoms with van der Waals surface area (Å²) in [6.45, 7) is 8.54. The molecule has 0 fully saturated rings. The molecule has 318 valence electrons. The third-order valence-corrected chi connectivity index (χ3v) is 13.6. The van der Waals surface area contributed by atoms with Crippen LogP contribution < -0.4 is 9.80 Å². The van der Waals surface area contributed by atoms with Crippen LogP contribution in [0.1, 0.15) is 18.9 Å². The van der Waals surface area contributed by atoms with Crippen molar-refractivity contribution in [1.82, 2.24) is 0 Å². The first kappa shape index (κ1) is 42.0. The summed E-state index contributed by atoms with van der Waals surface area (Å²) in [4.78, 5) is 4.87. The van der Waals surface area contributed by atoms with E-state index in [0.717, 1.165) is 39.6 Å². The van der Waals surface area contributed by atoms with Gasteiger partial charge >= 0.3 is 0 Å². The fraction of sp³-hybridized carbons (Fsp3) is 0.0476. The molecule has 1 aromatic heterocycles. The topological polar surface area (TPSA) is 6.48 Å². The summed E-state index contributed by atoms with van der Waals surface area (Å²) in [6.07, 6.45) is 9.17. The molecule has 9 aromatic carbocycles. The van der Waals surface area contributed by atoms with Crippen LogP contribution in [0.2, 0.25) is 0 Å². The molecule has 10 aromatic rings. The van der Waals surface area contributed by atoms with E-state index < -0.39 is 0 Å². The molecule has 0 amide bonds. The molecule has 0 saturated carbocycles. The van der Waals surface area contributed by atoms with E-state index in [1.54, 1.807) is 0 Å². The summed E-state index contributed by atoms with van der Waals surface area (Å²) >= 11 is 1.86. The summed E-state index contributed by atoms with van der Waals surface area (Å²) < 4.78 is 2.55. The van der Waals surface area contributed by atoms with E-state index >= 15 is 0 Å². The average molecular weight is 867 g/mol. The quantitative estimate of drug-likeness (QED) is 0.0841. The zero-order chi connectivity index (χ0) is 44.8. The van der Waals surface area contributed by atoms with E-state index in [-0.39, 0.29) is 0 Å². The number of nitrogens with zero attached hydrogens (tertiary/aromatic N) is 2. The van der Waals surface area contributed by atoms with E-state index in [4.69, 9.17) is 0 Å². The first-order valence-electron chi connectivity index (χ1n) is 22.6. The predicted molar refractivity (Wildman–Crippen MR) is 287 cm³/mol. The lowest BCUT2D eigenvalue weighted by atomic mass is 9.96. The van der Waals surface area contributed by atoms with Crippen LogP contribution in [0.15, 0.2) is 255 Å². The first-order valence-corrected chi connectivity index (χ1v) is 23.4. The van der Waals surface area contributed by atoms with E-state index in [0.29, 0.717) is 6.42 Å². The summed E-state index contributed by atoms with van der Waals surface area (Å²) in [5, 5.41) is 2.56. The number of thiophene rings is 1. The molecule has 0 unspecified atom stereocenters. The SMILES string of the molecule is C=CC/C(=C\C=C/C)N(c1cccc(-c2cccc(N(c3ccc(-c4ccc(-c5ccccc5)cc4)cc3)c3ccccc3-c3ccccc3)c2)c1C)c1cccc2c1sc1ccccc12. The predicted octanol–water partition coefficient (Wildman–Crippen LogP) is 18.7. The number of allylic oxidation sites excluding steroid dienone is 4. The fourth-order valence-electron chi connectivity index (χ4n) is 9.17. The summed E-state index contributed by atoms with van der Waals surface area (Å²) in [5.41, 5.74) is 17.4. The molecule has 2 nitrogen and oxygen atoms in total. The molecule has 0 saturated heterocycles. The third kappa shape index (κ3) is 8.29. The Morgan fingerprint density at radius 2 is 1.03 bits per heavy atom. The van der Waals surface area contributed by atoms with Gasteiger partial charge in [-0.15, -0.1) is 17.9 Å². The van der Waals surface area contributed by atoms with Gasteiger partial charge < -0.3 is 9.80 Å². The van der Waals surface area contributed by atoms with Gasteiger partial charge in [0.2, 0.25) is 0 Å². The van der Waals surface area contributed by atoms with Crippen LogP contribution >= 0.6 is 11.3 Å². The summed E-state index contributed by atoms with van der Waals surface area (Å²) in [7, 11) is 0. The second-order valence-corrected chi connectivity index (χ2v) is 17.5. The lowest BCUT2D eigenvalue weighted by Gasteiger charge is -2.31. The van der Waals surface area contributed by atoms with Gasteiger partial charge in [-0.1, -0.05) is 188 Å². The maximum atomic E-state index is 4.20. The number of hydrogen-bond acceptors (Lipinski definition) is 3. The number of fused-ring (bicyclic) bond motifs is 3. The molecule has 0 aliphatic heterocycles. The van der Waals surface area contributed by atoms with Crippen molar-refractivity contribution in [3.05, 3.63) is 261 Å². The van der Waals surface area contributed by atoms with E-state index in [2.05, 4.69) is 267 Å². The Morgan fingerprint density at radius 1 is 0.485 bits per heavy atom. The van der Waals surface area contributed by atoms with Gasteiger partial charge in [-0.3, -0.25) is 0 Å². The highest BCUT2D eigenvalue weighted by Gasteiger charge is 2.23. The zero-order valence-electron chi connectivity index (χ0n) is 37.3. The zero-order valence-corrected chi connectivity index (χ0v) is 38.1. The van der Waals surface area contributed by atoms with Gasteiger partial charge in [0.05, 0.1) is 16.1 Å². The van der Waals surface area contributed by atoms with Crippen molar-refractivity contribution in [2.24, 2.45) is 0 Å². The maximum absolute atomic E-state index is 4.20. The second-order valence-electron chi connectivity index (χ2n) is 16.5. The Morgan fingerprint density at radius 3 is 1.76 bits per heavy atom. The maximum Gasteiger partial charge on any atom is 0.0637 e. The van der Waals surface area contributed by atoms with Crippen molar-refractivity contribution in [2.45, 2.75) is 20.3 Å². The monoisotopic (exact) mass is 866 g/mol. The van der Waals surface area contributed by atoms with Gasteiger partial charge in [-0.25, -0.2) is 0 Å². The highest BCUT2D eigenvalue weighted by atomic mass is 32.1. The minimum atomic E-state index is 0.707. The van der Waals surface area contributed by atoms with Gasteiger partial charge in [0.15, 0.2) is 0 Å². The molecule has 0 aliphatic carbocycles. The number of para-hydroxylation sites is 1. The number of anilines is 5. The van der Waals surface area contributed by atoms with Crippen LogP contribution in [-0.4, -0.2) is 0 Å². The molecule has 0 spiro atoms. The molecule has 0 bridgehead atoms. The normalized spacial score (nSPS) is 11.6. The lowest BCUT2D eigenvalue weighted by Crippen LogP contribution is -2.17. The van der Waals surface area contributed by atoms with Gasteiger partial charge in [-0.05, 0) is 113 Å². The Balaban J connectivity index is 1.09. The first-order chi connectivity index (χ1) is 32.6. The van der Waals surface area contributed by atoms with Gasteiger partial charge in [0.25, 0.3) is 0 Å². The van der Waals surface area contributed by atoms with Crippen LogP contribution in [-0.2, 0) is 0 Å². The third-order valence-electron chi connectivity index (χ3n) is 12.4. The highest BCUT2D eigenvalue weighted by molar-refractivity contribution is 7.26. The Hall–Kier alpha value is -7.98. The molecule has 0 atom stereocenters. The van der Waals surface area contributed by atoms with Crippen LogP contribution in [0, 0.1) is 6.92 Å². The molecule has 1 heterocycles. The molecule has 0 N–H and O–H groups in total. The van der Waals surface area contributed by atoms with Crippen LogP contribution in [0.25, 0.3) is 64.7 Å². The number of benzene rings is 9. The van der Waals surface area contributed by atoms with Crippen molar-refractivity contribution in [3.63, 3.8) is 0 Å². The lowest BCUT2D eigenvalue weighted by molar-refractivity contribution is 1.08. The van der Waals surface area contributed by atoms with Crippen molar-refractivity contribution in [1.29, 1.82) is 0 Å². The van der Waals surface area contributed by atoms with E-state index in [1.165, 1.54) is 64.8 Å². The second kappa shape index (κ2) is 19.0. The molecule has 3 heteroatoms. The summed E-state index contributed by atoms with van der Waals surface area (Å²) in [5.74, 6) is 0. The van der Waals surface area contributed by atoms with Gasteiger partial charge in [-0.2, -0.15) is 0 Å². The van der Waals surface area contributed by atoms with Crippen molar-refractivity contribution in [3.8, 4) is 44.5 Å². The van der Waals surface area contributed by atoms with Gasteiger partial charge in [0.1, 0.15) is 0 Å². The van der Waals surface area contributed by atoms with Crippen molar-refractivity contribution in [2.75, 3.05) is 9.80 Å². The Kier molecular flexibility index (Phi) is 12.1. The number of hydrogen-bond donors (Lipinski definition) is 0. The smallest absolute Gasteiger partial charge is 0.0637 e. The summed E-state index contributed by atoms with van der Waals surface area (Å²) in [6, 6.07) is 79.1. The molecule has 0 radical (unpaired) electrons. The average Bonchev–Trinajstić information content (AvgIpc) is 3.77. The standard InChI is InChI=1S/C63H50N2S/c1-4-6-26-52(20-5-2)65(61-34-19-31-58-57-29-14-16-35-62(57)66-63(58)61)59-33-18-30-55(45(59)3)51-25-17-27-54(44-51)64(60-32-15-13-28-56(60)50-23-11-8-12-24-50)53-42-40-49(41-43-53)48-38-36-47(37-39-48)46-21-9-7-10-22-46/h4-19,21-44H,2,20H2,1,3H3/b6-4-,52-26+. The molecule has 0 aliphatic rings. The van der Waals surface area contributed by atoms with Crippen LogP contribution in [0.3, 0.4) is 0 Å². The number of rotatable bonds is 13. The fourth-order valence-corrected chi connectivity index (χ4v) is 10.4. The highest BCUT2D eigenvalue weighted by Crippen LogP contribution is 2.47.